The Morgan fingerprint density at radius 2 is 2.06 bits per heavy atom. The van der Waals surface area contributed by atoms with Crippen molar-refractivity contribution < 1.29 is 4.39 Å². The van der Waals surface area contributed by atoms with Gasteiger partial charge in [0.2, 0.25) is 0 Å². The third-order valence-corrected chi connectivity index (χ3v) is 4.16. The van der Waals surface area contributed by atoms with Crippen molar-refractivity contribution in [2.75, 3.05) is 0 Å². The van der Waals surface area contributed by atoms with Crippen LogP contribution in [0.15, 0.2) is 18.2 Å². The number of hydrogen-bond acceptors (Lipinski definition) is 2. The lowest BCUT2D eigenvalue weighted by Crippen LogP contribution is -2.06. The Labute approximate surface area is 101 Å². The van der Waals surface area contributed by atoms with Gasteiger partial charge in [-0.2, -0.15) is 17.0 Å². The molecule has 0 aliphatic heterocycles. The van der Waals surface area contributed by atoms with Crippen LogP contribution in [0.3, 0.4) is 0 Å². The monoisotopic (exact) mass is 237 g/mol. The standard InChI is InChI=1S/C13H16FNS/c1-9(2)10(3)16-8-12-6-11(7-15)4-5-13(12)14/h4-6,9-10H,8H2,1-3H3. The van der Waals surface area contributed by atoms with Gasteiger partial charge in [-0.15, -0.1) is 0 Å². The van der Waals surface area contributed by atoms with Gasteiger partial charge in [-0.05, 0) is 29.7 Å². The quantitative estimate of drug-likeness (QED) is 0.791. The van der Waals surface area contributed by atoms with Gasteiger partial charge in [0.25, 0.3) is 0 Å². The summed E-state index contributed by atoms with van der Waals surface area (Å²) in [5.74, 6) is 0.982. The highest BCUT2D eigenvalue weighted by atomic mass is 32.2. The number of rotatable bonds is 4. The van der Waals surface area contributed by atoms with E-state index in [9.17, 15) is 4.39 Å². The fourth-order valence-corrected chi connectivity index (χ4v) is 2.22. The Bertz CT molecular complexity index is 395. The van der Waals surface area contributed by atoms with E-state index in [4.69, 9.17) is 5.26 Å². The summed E-state index contributed by atoms with van der Waals surface area (Å²) in [5.41, 5.74) is 1.14. The molecule has 0 aliphatic carbocycles. The molecule has 0 heterocycles. The zero-order valence-electron chi connectivity index (χ0n) is 9.83. The van der Waals surface area contributed by atoms with Gasteiger partial charge >= 0.3 is 0 Å². The highest BCUT2D eigenvalue weighted by Gasteiger charge is 2.10. The van der Waals surface area contributed by atoms with Crippen molar-refractivity contribution in [2.45, 2.75) is 31.8 Å². The van der Waals surface area contributed by atoms with E-state index in [0.29, 0.717) is 28.0 Å². The maximum atomic E-state index is 13.4. The van der Waals surface area contributed by atoms with Crippen molar-refractivity contribution in [2.24, 2.45) is 5.92 Å². The van der Waals surface area contributed by atoms with Crippen LogP contribution in [0.2, 0.25) is 0 Å². The van der Waals surface area contributed by atoms with Crippen LogP contribution in [0, 0.1) is 23.1 Å². The third-order valence-electron chi connectivity index (χ3n) is 2.62. The molecule has 0 aliphatic rings. The van der Waals surface area contributed by atoms with Crippen LogP contribution in [0.25, 0.3) is 0 Å². The summed E-state index contributed by atoms with van der Waals surface area (Å²) >= 11 is 1.72. The number of nitrogens with zero attached hydrogens (tertiary/aromatic N) is 1. The van der Waals surface area contributed by atoms with Gasteiger partial charge < -0.3 is 0 Å². The zero-order chi connectivity index (χ0) is 12.1. The van der Waals surface area contributed by atoms with E-state index in [2.05, 4.69) is 20.8 Å². The fraction of sp³-hybridized carbons (Fsp3) is 0.462. The van der Waals surface area contributed by atoms with Crippen LogP contribution in [-0.4, -0.2) is 5.25 Å². The van der Waals surface area contributed by atoms with Crippen molar-refractivity contribution in [3.05, 3.63) is 35.1 Å². The summed E-state index contributed by atoms with van der Waals surface area (Å²) in [6.07, 6.45) is 0. The molecule has 1 rings (SSSR count). The number of benzene rings is 1. The molecule has 1 aromatic carbocycles. The van der Waals surface area contributed by atoms with Crippen LogP contribution in [-0.2, 0) is 5.75 Å². The smallest absolute Gasteiger partial charge is 0.127 e. The lowest BCUT2D eigenvalue weighted by Gasteiger charge is -2.15. The maximum Gasteiger partial charge on any atom is 0.127 e. The molecule has 0 saturated heterocycles. The van der Waals surface area contributed by atoms with Crippen LogP contribution in [0.4, 0.5) is 4.39 Å². The first kappa shape index (κ1) is 13.1. The molecule has 0 N–H and O–H groups in total. The second-order valence-corrected chi connectivity index (χ2v) is 5.54. The highest BCUT2D eigenvalue weighted by molar-refractivity contribution is 7.99. The first-order valence-corrected chi connectivity index (χ1v) is 6.39. The first-order chi connectivity index (χ1) is 7.54. The number of thioether (sulfide) groups is 1. The van der Waals surface area contributed by atoms with Crippen molar-refractivity contribution in [1.29, 1.82) is 5.26 Å². The number of nitriles is 1. The second-order valence-electron chi connectivity index (χ2n) is 4.18. The van der Waals surface area contributed by atoms with E-state index in [-0.39, 0.29) is 5.82 Å². The predicted molar refractivity (Wildman–Crippen MR) is 66.7 cm³/mol. The van der Waals surface area contributed by atoms with E-state index in [1.807, 2.05) is 6.07 Å². The largest absolute Gasteiger partial charge is 0.207 e. The van der Waals surface area contributed by atoms with Crippen molar-refractivity contribution in [1.82, 2.24) is 0 Å². The Morgan fingerprint density at radius 3 is 2.62 bits per heavy atom. The number of halogens is 1. The molecule has 86 valence electrons. The van der Waals surface area contributed by atoms with E-state index in [1.54, 1.807) is 17.8 Å². The molecule has 0 spiro atoms. The van der Waals surface area contributed by atoms with Crippen LogP contribution >= 0.6 is 11.8 Å². The second kappa shape index (κ2) is 5.91. The Balaban J connectivity index is 2.70. The molecule has 1 unspecified atom stereocenters. The fourth-order valence-electron chi connectivity index (χ4n) is 1.17. The lowest BCUT2D eigenvalue weighted by molar-refractivity contribution is 0.615. The summed E-state index contributed by atoms with van der Waals surface area (Å²) in [6.45, 7) is 6.45. The summed E-state index contributed by atoms with van der Waals surface area (Å²) in [6, 6.07) is 6.54. The molecule has 0 fully saturated rings. The molecule has 0 amide bonds. The van der Waals surface area contributed by atoms with Gasteiger partial charge in [0.1, 0.15) is 5.82 Å². The van der Waals surface area contributed by atoms with Gasteiger partial charge in [0.15, 0.2) is 0 Å². The highest BCUT2D eigenvalue weighted by Crippen LogP contribution is 2.24. The molecule has 0 saturated carbocycles. The van der Waals surface area contributed by atoms with Gasteiger partial charge in [-0.3, -0.25) is 0 Å². The van der Waals surface area contributed by atoms with Crippen molar-refractivity contribution in [3.8, 4) is 6.07 Å². The van der Waals surface area contributed by atoms with E-state index in [0.717, 1.165) is 0 Å². The average molecular weight is 237 g/mol. The molecule has 1 atom stereocenters. The normalized spacial score (nSPS) is 12.5. The minimum atomic E-state index is -0.220. The molecule has 0 bridgehead atoms. The predicted octanol–water partition coefficient (Wildman–Crippen LogP) is 3.98. The molecule has 3 heteroatoms. The minimum Gasteiger partial charge on any atom is -0.207 e. The molecule has 16 heavy (non-hydrogen) atoms. The molecule has 1 nitrogen and oxygen atoms in total. The Kier molecular flexibility index (Phi) is 4.82. The SMILES string of the molecule is CC(C)C(C)SCc1cc(C#N)ccc1F. The van der Waals surface area contributed by atoms with Gasteiger partial charge in [-0.1, -0.05) is 20.8 Å². The number of hydrogen-bond donors (Lipinski definition) is 0. The van der Waals surface area contributed by atoms with Gasteiger partial charge in [-0.25, -0.2) is 4.39 Å². The van der Waals surface area contributed by atoms with Crippen LogP contribution in [0.5, 0.6) is 0 Å². The van der Waals surface area contributed by atoms with E-state index < -0.39 is 0 Å². The molecular formula is C13H16FNS. The van der Waals surface area contributed by atoms with Crippen LogP contribution in [0.1, 0.15) is 31.9 Å². The molecule has 0 aromatic heterocycles. The minimum absolute atomic E-state index is 0.220. The molecular weight excluding hydrogens is 221 g/mol. The van der Waals surface area contributed by atoms with E-state index in [1.165, 1.54) is 12.1 Å². The van der Waals surface area contributed by atoms with Crippen molar-refractivity contribution in [3.63, 3.8) is 0 Å². The molecule has 0 radical (unpaired) electrons. The summed E-state index contributed by atoms with van der Waals surface area (Å²) in [7, 11) is 0. The third kappa shape index (κ3) is 3.53. The summed E-state index contributed by atoms with van der Waals surface area (Å²) < 4.78 is 13.4. The Hall–Kier alpha value is -1.01. The first-order valence-electron chi connectivity index (χ1n) is 5.34. The van der Waals surface area contributed by atoms with Gasteiger partial charge in [0.05, 0.1) is 11.6 Å². The Morgan fingerprint density at radius 1 is 1.38 bits per heavy atom. The lowest BCUT2D eigenvalue weighted by atomic mass is 10.1. The summed E-state index contributed by atoms with van der Waals surface area (Å²) in [4.78, 5) is 0. The maximum absolute atomic E-state index is 13.4. The van der Waals surface area contributed by atoms with Gasteiger partial charge in [0, 0.05) is 11.0 Å². The van der Waals surface area contributed by atoms with E-state index >= 15 is 0 Å². The average Bonchev–Trinajstić information content (AvgIpc) is 2.27. The van der Waals surface area contributed by atoms with Crippen LogP contribution < -0.4 is 0 Å². The topological polar surface area (TPSA) is 23.8 Å². The molecule has 1 aromatic rings. The van der Waals surface area contributed by atoms with Crippen molar-refractivity contribution >= 4 is 11.8 Å². The summed E-state index contributed by atoms with van der Waals surface area (Å²) in [5, 5.41) is 9.23. The zero-order valence-corrected chi connectivity index (χ0v) is 10.6.